The molecular formula is C16H21N5O2. The van der Waals surface area contributed by atoms with Gasteiger partial charge in [-0.2, -0.15) is 0 Å². The van der Waals surface area contributed by atoms with Crippen LogP contribution in [0.1, 0.15) is 30.0 Å². The van der Waals surface area contributed by atoms with Gasteiger partial charge in [0.15, 0.2) is 5.82 Å². The van der Waals surface area contributed by atoms with Crippen molar-refractivity contribution in [3.63, 3.8) is 0 Å². The summed E-state index contributed by atoms with van der Waals surface area (Å²) < 4.78 is 4.96. The highest BCUT2D eigenvalue weighted by Crippen LogP contribution is 2.24. The summed E-state index contributed by atoms with van der Waals surface area (Å²) in [7, 11) is 0. The Hall–Kier alpha value is -2.44. The van der Waals surface area contributed by atoms with Gasteiger partial charge < -0.3 is 14.7 Å². The summed E-state index contributed by atoms with van der Waals surface area (Å²) in [6.45, 7) is 7.31. The molecule has 3 rings (SSSR count). The van der Waals surface area contributed by atoms with Gasteiger partial charge in [-0.15, -0.1) is 0 Å². The lowest BCUT2D eigenvalue weighted by atomic mass is 9.96. The third-order valence-corrected chi connectivity index (χ3v) is 4.10. The number of nitrogens with zero attached hydrogens (tertiary/aromatic N) is 4. The largest absolute Gasteiger partial charge is 0.360 e. The summed E-state index contributed by atoms with van der Waals surface area (Å²) in [5.41, 5.74) is 1.84. The third-order valence-electron chi connectivity index (χ3n) is 4.10. The predicted molar refractivity (Wildman–Crippen MR) is 86.3 cm³/mol. The molecule has 2 aromatic heterocycles. The van der Waals surface area contributed by atoms with E-state index in [2.05, 4.69) is 25.3 Å². The lowest BCUT2D eigenvalue weighted by molar-refractivity contribution is -0.120. The molecule has 0 unspecified atom stereocenters. The number of aryl methyl sites for hydroxylation is 3. The minimum atomic E-state index is -0.0127. The molecule has 3 heterocycles. The second-order valence-corrected chi connectivity index (χ2v) is 5.99. The molecule has 1 aliphatic heterocycles. The molecule has 0 aromatic carbocycles. The first-order valence-corrected chi connectivity index (χ1v) is 7.82. The number of nitrogens with one attached hydrogen (secondary N) is 1. The molecular weight excluding hydrogens is 294 g/mol. The van der Waals surface area contributed by atoms with Crippen molar-refractivity contribution < 1.29 is 9.32 Å². The Morgan fingerprint density at radius 1 is 1.30 bits per heavy atom. The number of hydrogen-bond donors (Lipinski definition) is 1. The fourth-order valence-electron chi connectivity index (χ4n) is 2.83. The zero-order valence-electron chi connectivity index (χ0n) is 13.7. The van der Waals surface area contributed by atoms with Gasteiger partial charge in [0.25, 0.3) is 0 Å². The number of piperidine rings is 1. The van der Waals surface area contributed by atoms with Crippen molar-refractivity contribution in [1.82, 2.24) is 15.1 Å². The number of anilines is 2. The molecule has 0 atom stereocenters. The summed E-state index contributed by atoms with van der Waals surface area (Å²) in [5, 5.41) is 6.62. The van der Waals surface area contributed by atoms with Crippen molar-refractivity contribution in [2.45, 2.75) is 33.6 Å². The molecule has 0 bridgehead atoms. The smallest absolute Gasteiger partial charge is 0.228 e. The number of aromatic nitrogens is 3. The van der Waals surface area contributed by atoms with Crippen LogP contribution in [0.4, 0.5) is 11.6 Å². The van der Waals surface area contributed by atoms with Gasteiger partial charge in [0.1, 0.15) is 11.6 Å². The molecule has 1 aliphatic rings. The quantitative estimate of drug-likeness (QED) is 0.935. The van der Waals surface area contributed by atoms with Gasteiger partial charge in [-0.3, -0.25) is 9.78 Å². The summed E-state index contributed by atoms with van der Waals surface area (Å²) in [6, 6.07) is 1.72. The first-order valence-electron chi connectivity index (χ1n) is 7.82. The van der Waals surface area contributed by atoms with E-state index in [1.165, 1.54) is 0 Å². The van der Waals surface area contributed by atoms with Gasteiger partial charge in [-0.1, -0.05) is 5.16 Å². The molecule has 0 aliphatic carbocycles. The molecule has 1 N–H and O–H groups in total. The maximum Gasteiger partial charge on any atom is 0.228 e. The van der Waals surface area contributed by atoms with Crippen LogP contribution >= 0.6 is 0 Å². The van der Waals surface area contributed by atoms with Crippen molar-refractivity contribution in [2.75, 3.05) is 23.3 Å². The van der Waals surface area contributed by atoms with E-state index in [0.29, 0.717) is 11.6 Å². The van der Waals surface area contributed by atoms with E-state index in [4.69, 9.17) is 4.52 Å². The van der Waals surface area contributed by atoms with E-state index in [1.807, 2.05) is 13.8 Å². The van der Waals surface area contributed by atoms with Crippen LogP contribution in [-0.4, -0.2) is 34.1 Å². The van der Waals surface area contributed by atoms with E-state index in [1.54, 1.807) is 19.2 Å². The second-order valence-electron chi connectivity index (χ2n) is 5.99. The van der Waals surface area contributed by atoms with Crippen molar-refractivity contribution >= 4 is 17.5 Å². The number of amides is 1. The van der Waals surface area contributed by atoms with Crippen LogP contribution in [0.25, 0.3) is 0 Å². The van der Waals surface area contributed by atoms with Crippen LogP contribution in [0.3, 0.4) is 0 Å². The van der Waals surface area contributed by atoms with Crippen molar-refractivity contribution in [3.05, 3.63) is 29.4 Å². The number of carbonyl (C=O) groups is 1. The average molecular weight is 315 g/mol. The first-order chi connectivity index (χ1) is 11.0. The van der Waals surface area contributed by atoms with Gasteiger partial charge >= 0.3 is 0 Å². The monoisotopic (exact) mass is 315 g/mol. The number of hydrogen-bond acceptors (Lipinski definition) is 6. The van der Waals surface area contributed by atoms with Crippen molar-refractivity contribution in [2.24, 2.45) is 5.92 Å². The van der Waals surface area contributed by atoms with Gasteiger partial charge in [0.2, 0.25) is 5.91 Å². The average Bonchev–Trinajstić information content (AvgIpc) is 2.95. The maximum absolute atomic E-state index is 12.3. The molecule has 23 heavy (non-hydrogen) atoms. The van der Waals surface area contributed by atoms with Crippen LogP contribution in [-0.2, 0) is 4.79 Å². The van der Waals surface area contributed by atoms with Crippen molar-refractivity contribution in [3.8, 4) is 0 Å². The standard InChI is InChI=1S/C16H21N5O2/c1-10-9-17-12(3)15(18-10)21-6-4-13(5-7-21)16(22)19-14-8-11(2)23-20-14/h8-9,13H,4-7H2,1-3H3,(H,19,20,22). The zero-order valence-corrected chi connectivity index (χ0v) is 13.7. The predicted octanol–water partition coefficient (Wildman–Crippen LogP) is 2.24. The topological polar surface area (TPSA) is 84.2 Å². The Labute approximate surface area is 135 Å². The summed E-state index contributed by atoms with van der Waals surface area (Å²) in [5.74, 6) is 2.08. The second kappa shape index (κ2) is 6.36. The SMILES string of the molecule is Cc1cnc(C)c(N2CCC(C(=O)Nc3cc(C)on3)CC2)n1. The van der Waals surface area contributed by atoms with Crippen LogP contribution in [0.5, 0.6) is 0 Å². The summed E-state index contributed by atoms with van der Waals surface area (Å²) >= 11 is 0. The molecule has 122 valence electrons. The Morgan fingerprint density at radius 2 is 2.04 bits per heavy atom. The molecule has 7 heteroatoms. The van der Waals surface area contributed by atoms with E-state index < -0.39 is 0 Å². The van der Waals surface area contributed by atoms with E-state index >= 15 is 0 Å². The minimum absolute atomic E-state index is 0.00463. The van der Waals surface area contributed by atoms with Gasteiger partial charge in [0.05, 0.1) is 11.4 Å². The van der Waals surface area contributed by atoms with E-state index in [9.17, 15) is 4.79 Å². The number of carbonyl (C=O) groups excluding carboxylic acids is 1. The lowest BCUT2D eigenvalue weighted by Crippen LogP contribution is -2.39. The van der Waals surface area contributed by atoms with E-state index in [-0.39, 0.29) is 11.8 Å². The van der Waals surface area contributed by atoms with Gasteiger partial charge in [-0.25, -0.2) is 4.98 Å². The number of rotatable bonds is 3. The summed E-state index contributed by atoms with van der Waals surface area (Å²) in [4.78, 5) is 23.5. The van der Waals surface area contributed by atoms with Crippen LogP contribution in [0, 0.1) is 26.7 Å². The normalized spacial score (nSPS) is 15.7. The van der Waals surface area contributed by atoms with Crippen LogP contribution < -0.4 is 10.2 Å². The third kappa shape index (κ3) is 3.49. The minimum Gasteiger partial charge on any atom is -0.360 e. The van der Waals surface area contributed by atoms with Crippen LogP contribution in [0.2, 0.25) is 0 Å². The Kier molecular flexibility index (Phi) is 4.27. The highest BCUT2D eigenvalue weighted by atomic mass is 16.5. The molecule has 0 spiro atoms. The zero-order chi connectivity index (χ0) is 16.4. The highest BCUT2D eigenvalue weighted by molar-refractivity contribution is 5.91. The molecule has 1 amide bonds. The van der Waals surface area contributed by atoms with Gasteiger partial charge in [0, 0.05) is 31.3 Å². The Bertz CT molecular complexity index is 704. The summed E-state index contributed by atoms with van der Waals surface area (Å²) in [6.07, 6.45) is 3.36. The van der Waals surface area contributed by atoms with Crippen molar-refractivity contribution in [1.29, 1.82) is 0 Å². The lowest BCUT2D eigenvalue weighted by Gasteiger charge is -2.32. The molecule has 1 saturated heterocycles. The molecule has 0 saturated carbocycles. The Balaban J connectivity index is 1.59. The maximum atomic E-state index is 12.3. The molecule has 7 nitrogen and oxygen atoms in total. The molecule has 2 aromatic rings. The van der Waals surface area contributed by atoms with Crippen LogP contribution in [0.15, 0.2) is 16.8 Å². The highest BCUT2D eigenvalue weighted by Gasteiger charge is 2.27. The Morgan fingerprint density at radius 3 is 2.70 bits per heavy atom. The van der Waals surface area contributed by atoms with Gasteiger partial charge in [-0.05, 0) is 33.6 Å². The molecule has 0 radical (unpaired) electrons. The molecule has 1 fully saturated rings. The fraction of sp³-hybridized carbons (Fsp3) is 0.500. The van der Waals surface area contributed by atoms with E-state index in [0.717, 1.165) is 43.1 Å². The first kappa shape index (κ1) is 15.5. The fourth-order valence-corrected chi connectivity index (χ4v) is 2.83.